The molecule has 1 aromatic rings. The number of esters is 1. The molecule has 0 aliphatic heterocycles. The zero-order valence-corrected chi connectivity index (χ0v) is 15.9. The molecule has 0 fully saturated rings. The summed E-state index contributed by atoms with van der Waals surface area (Å²) in [4.78, 5) is 56.6. The van der Waals surface area contributed by atoms with E-state index in [9.17, 15) is 37.7 Å². The van der Waals surface area contributed by atoms with Gasteiger partial charge in [-0.25, -0.2) is 8.42 Å². The number of sulfone groups is 1. The molecular formula is C16H18N2O9S. The summed E-state index contributed by atoms with van der Waals surface area (Å²) in [5.74, 6) is -7.30. The van der Waals surface area contributed by atoms with E-state index in [0.717, 1.165) is 13.2 Å². The lowest BCUT2D eigenvalue weighted by Gasteiger charge is -2.13. The highest BCUT2D eigenvalue weighted by molar-refractivity contribution is 7.92. The Balaban J connectivity index is 2.82. The Labute approximate surface area is 160 Å². The molecule has 0 heterocycles. The third-order valence-corrected chi connectivity index (χ3v) is 5.05. The van der Waals surface area contributed by atoms with Crippen molar-refractivity contribution in [2.24, 2.45) is 5.92 Å². The molecular weight excluding hydrogens is 396 g/mol. The molecule has 28 heavy (non-hydrogen) atoms. The van der Waals surface area contributed by atoms with Crippen molar-refractivity contribution in [3.05, 3.63) is 34.4 Å². The lowest BCUT2D eigenvalue weighted by Crippen LogP contribution is -2.34. The molecule has 1 amide bonds. The molecule has 12 heteroatoms. The number of benzene rings is 1. The van der Waals surface area contributed by atoms with Gasteiger partial charge in [-0.2, -0.15) is 0 Å². The van der Waals surface area contributed by atoms with Gasteiger partial charge in [0.1, 0.15) is 11.5 Å². The summed E-state index contributed by atoms with van der Waals surface area (Å²) in [6, 6.07) is 4.73. The van der Waals surface area contributed by atoms with Gasteiger partial charge in [0, 0.05) is 24.2 Å². The number of methoxy groups -OCH3 is 1. The van der Waals surface area contributed by atoms with Crippen LogP contribution in [0.4, 0.5) is 11.4 Å². The molecule has 0 saturated heterocycles. The molecule has 0 aliphatic carbocycles. The minimum atomic E-state index is -4.21. The number of nitro groups is 1. The molecule has 0 aliphatic rings. The Morgan fingerprint density at radius 3 is 2.43 bits per heavy atom. The van der Waals surface area contributed by atoms with E-state index in [1.54, 1.807) is 0 Å². The van der Waals surface area contributed by atoms with Gasteiger partial charge in [0.05, 0.1) is 23.7 Å². The summed E-state index contributed by atoms with van der Waals surface area (Å²) in [5, 5.41) is 12.8. The first kappa shape index (κ1) is 22.9. The average molecular weight is 414 g/mol. The van der Waals surface area contributed by atoms with Crippen molar-refractivity contribution in [3.63, 3.8) is 0 Å². The Kier molecular flexibility index (Phi) is 7.92. The first-order valence-corrected chi connectivity index (χ1v) is 9.63. The largest absolute Gasteiger partial charge is 0.469 e. The Morgan fingerprint density at radius 2 is 1.89 bits per heavy atom. The van der Waals surface area contributed by atoms with Crippen LogP contribution in [0.15, 0.2) is 24.3 Å². The molecule has 0 aromatic heterocycles. The Morgan fingerprint density at radius 1 is 1.25 bits per heavy atom. The number of amides is 1. The SMILES string of the molecule is COC(=O)[C@H](CC(C)=O)CS(=O)(=O)CC(=O)C(=O)Nc1cccc([N+](=O)[O-])c1. The highest BCUT2D eigenvalue weighted by atomic mass is 32.2. The maximum absolute atomic E-state index is 12.1. The summed E-state index contributed by atoms with van der Waals surface area (Å²) in [5.41, 5.74) is -0.392. The highest BCUT2D eigenvalue weighted by Gasteiger charge is 2.31. The van der Waals surface area contributed by atoms with E-state index >= 15 is 0 Å². The van der Waals surface area contributed by atoms with Gasteiger partial charge < -0.3 is 14.8 Å². The van der Waals surface area contributed by atoms with Crippen molar-refractivity contribution in [1.82, 2.24) is 0 Å². The number of rotatable bonds is 10. The van der Waals surface area contributed by atoms with Crippen LogP contribution in [0.1, 0.15) is 13.3 Å². The predicted molar refractivity (Wildman–Crippen MR) is 96.2 cm³/mol. The van der Waals surface area contributed by atoms with E-state index < -0.39 is 55.6 Å². The van der Waals surface area contributed by atoms with Crippen LogP contribution in [-0.2, 0) is 33.8 Å². The van der Waals surface area contributed by atoms with Crippen LogP contribution in [0.3, 0.4) is 0 Å². The molecule has 1 aromatic carbocycles. The van der Waals surface area contributed by atoms with Gasteiger partial charge in [-0.15, -0.1) is 0 Å². The molecule has 1 N–H and O–H groups in total. The number of ether oxygens (including phenoxy) is 1. The first-order valence-electron chi connectivity index (χ1n) is 7.81. The van der Waals surface area contributed by atoms with Gasteiger partial charge >= 0.3 is 5.97 Å². The summed E-state index contributed by atoms with van der Waals surface area (Å²) < 4.78 is 28.7. The monoisotopic (exact) mass is 414 g/mol. The normalized spacial score (nSPS) is 11.9. The summed E-state index contributed by atoms with van der Waals surface area (Å²) in [7, 11) is -3.18. The number of nitro benzene ring substituents is 1. The fourth-order valence-electron chi connectivity index (χ4n) is 2.25. The first-order chi connectivity index (χ1) is 12.9. The van der Waals surface area contributed by atoms with Crippen LogP contribution in [0.5, 0.6) is 0 Å². The third-order valence-electron chi connectivity index (χ3n) is 3.44. The number of carbonyl (C=O) groups excluding carboxylic acids is 4. The molecule has 1 atom stereocenters. The molecule has 0 saturated carbocycles. The minimum Gasteiger partial charge on any atom is -0.469 e. The molecule has 0 radical (unpaired) electrons. The van der Waals surface area contributed by atoms with Crippen molar-refractivity contribution in [2.75, 3.05) is 23.9 Å². The predicted octanol–water partition coefficient (Wildman–Crippen LogP) is 0.286. The maximum Gasteiger partial charge on any atom is 0.310 e. The van der Waals surface area contributed by atoms with E-state index in [1.807, 2.05) is 0 Å². The minimum absolute atomic E-state index is 0.0611. The standard InChI is InChI=1S/C16H18N2O9S/c1-10(19)6-11(16(22)27-2)8-28(25,26)9-14(20)15(21)17-12-4-3-5-13(7-12)18(23)24/h3-5,7,11H,6,8-9H2,1-2H3,(H,17,21)/t11-/m1/s1. The van der Waals surface area contributed by atoms with Gasteiger partial charge in [-0.05, 0) is 13.0 Å². The fourth-order valence-corrected chi connectivity index (χ4v) is 3.77. The number of non-ortho nitro benzene ring substituents is 1. The molecule has 11 nitrogen and oxygen atoms in total. The van der Waals surface area contributed by atoms with E-state index in [1.165, 1.54) is 25.1 Å². The van der Waals surface area contributed by atoms with Crippen molar-refractivity contribution < 1.29 is 37.3 Å². The zero-order chi connectivity index (χ0) is 21.5. The van der Waals surface area contributed by atoms with Crippen LogP contribution < -0.4 is 5.32 Å². The second-order valence-electron chi connectivity index (χ2n) is 5.87. The van der Waals surface area contributed by atoms with Crippen LogP contribution in [0.2, 0.25) is 0 Å². The molecule has 1 rings (SSSR count). The summed E-state index contributed by atoms with van der Waals surface area (Å²) >= 11 is 0. The highest BCUT2D eigenvalue weighted by Crippen LogP contribution is 2.17. The van der Waals surface area contributed by atoms with Gasteiger partial charge in [0.2, 0.25) is 5.78 Å². The zero-order valence-electron chi connectivity index (χ0n) is 15.0. The van der Waals surface area contributed by atoms with Crippen molar-refractivity contribution in [3.8, 4) is 0 Å². The number of anilines is 1. The topological polar surface area (TPSA) is 167 Å². The second kappa shape index (κ2) is 9.69. The number of ketones is 2. The maximum atomic E-state index is 12.1. The fraction of sp³-hybridized carbons (Fsp3) is 0.375. The smallest absolute Gasteiger partial charge is 0.310 e. The number of hydrogen-bond donors (Lipinski definition) is 1. The van der Waals surface area contributed by atoms with Gasteiger partial charge in [-0.3, -0.25) is 24.5 Å². The van der Waals surface area contributed by atoms with Crippen LogP contribution in [-0.4, -0.2) is 55.4 Å². The van der Waals surface area contributed by atoms with E-state index in [0.29, 0.717) is 0 Å². The second-order valence-corrected chi connectivity index (χ2v) is 7.97. The molecule has 0 unspecified atom stereocenters. The van der Waals surface area contributed by atoms with Crippen molar-refractivity contribution in [2.45, 2.75) is 13.3 Å². The van der Waals surface area contributed by atoms with Crippen molar-refractivity contribution >= 4 is 44.7 Å². The molecule has 0 spiro atoms. The third kappa shape index (κ3) is 7.23. The Hall–Kier alpha value is -3.15. The van der Waals surface area contributed by atoms with Gasteiger partial charge in [0.25, 0.3) is 11.6 Å². The number of nitrogens with zero attached hydrogens (tertiary/aromatic N) is 1. The van der Waals surface area contributed by atoms with Crippen LogP contribution in [0, 0.1) is 16.0 Å². The lowest BCUT2D eigenvalue weighted by molar-refractivity contribution is -0.384. The van der Waals surface area contributed by atoms with Crippen LogP contribution in [0.25, 0.3) is 0 Å². The van der Waals surface area contributed by atoms with Gasteiger partial charge in [0.15, 0.2) is 9.84 Å². The summed E-state index contributed by atoms with van der Waals surface area (Å²) in [6.45, 7) is 1.17. The molecule has 0 bridgehead atoms. The van der Waals surface area contributed by atoms with Gasteiger partial charge in [-0.1, -0.05) is 6.07 Å². The average Bonchev–Trinajstić information content (AvgIpc) is 2.59. The molecule has 152 valence electrons. The van der Waals surface area contributed by atoms with E-state index in [4.69, 9.17) is 0 Å². The Bertz CT molecular complexity index is 908. The van der Waals surface area contributed by atoms with E-state index in [2.05, 4.69) is 10.1 Å². The quantitative estimate of drug-likeness (QED) is 0.245. The number of nitrogens with one attached hydrogen (secondary N) is 1. The number of carbonyl (C=O) groups is 4. The lowest BCUT2D eigenvalue weighted by atomic mass is 10.1. The van der Waals surface area contributed by atoms with Crippen molar-refractivity contribution in [1.29, 1.82) is 0 Å². The summed E-state index contributed by atoms with van der Waals surface area (Å²) in [6.07, 6.45) is -0.389. The number of hydrogen-bond acceptors (Lipinski definition) is 9. The number of Topliss-reactive ketones (excluding diaryl/α,β-unsaturated/α-hetero) is 2. The van der Waals surface area contributed by atoms with E-state index in [-0.39, 0.29) is 17.8 Å². The van der Waals surface area contributed by atoms with Crippen LogP contribution >= 0.6 is 0 Å².